The highest BCUT2D eigenvalue weighted by atomic mass is 16.5. The van der Waals surface area contributed by atoms with Crippen LogP contribution in [0, 0.1) is 13.8 Å². The minimum atomic E-state index is -0.565. The molecule has 0 saturated heterocycles. The van der Waals surface area contributed by atoms with Gasteiger partial charge in [-0.15, -0.1) is 0 Å². The number of ether oxygens (including phenoxy) is 1. The van der Waals surface area contributed by atoms with Crippen LogP contribution in [0.15, 0.2) is 29.5 Å². The zero-order valence-electron chi connectivity index (χ0n) is 16.9. The number of esters is 1. The minimum absolute atomic E-state index is 0.0136. The monoisotopic (exact) mass is 397 g/mol. The van der Waals surface area contributed by atoms with E-state index in [1.165, 1.54) is 11.3 Å². The van der Waals surface area contributed by atoms with Crippen LogP contribution < -0.4 is 10.6 Å². The van der Waals surface area contributed by atoms with E-state index in [4.69, 9.17) is 4.74 Å². The summed E-state index contributed by atoms with van der Waals surface area (Å²) in [5.41, 5.74) is 3.81. The molecule has 0 bridgehead atoms. The molecule has 3 aliphatic rings. The molecule has 1 aromatic rings. The van der Waals surface area contributed by atoms with E-state index in [1.54, 1.807) is 0 Å². The molecule has 2 N–H and O–H groups in total. The molecule has 1 fully saturated rings. The highest BCUT2D eigenvalue weighted by molar-refractivity contribution is 5.98. The summed E-state index contributed by atoms with van der Waals surface area (Å²) in [4.78, 5) is 39.3. The summed E-state index contributed by atoms with van der Waals surface area (Å²) in [6, 6.07) is 5.16. The number of rotatable bonds is 4. The van der Waals surface area contributed by atoms with Crippen LogP contribution in [-0.2, 0) is 14.3 Å². The van der Waals surface area contributed by atoms with Gasteiger partial charge in [-0.2, -0.15) is 0 Å². The van der Waals surface area contributed by atoms with Gasteiger partial charge < -0.3 is 15.4 Å². The second kappa shape index (κ2) is 7.89. The van der Waals surface area contributed by atoms with Crippen molar-refractivity contribution in [3.63, 3.8) is 0 Å². The first-order chi connectivity index (χ1) is 13.9. The number of carbonyl (C=O) groups excluding carboxylic acids is 3. The van der Waals surface area contributed by atoms with E-state index in [2.05, 4.69) is 10.6 Å². The first-order valence-electron chi connectivity index (χ1n) is 10.3. The molecular weight excluding hydrogens is 370 g/mol. The quantitative estimate of drug-likeness (QED) is 0.765. The second-order valence-corrected chi connectivity index (χ2v) is 8.17. The van der Waals surface area contributed by atoms with Crippen LogP contribution >= 0.6 is 0 Å². The Morgan fingerprint density at radius 1 is 1.21 bits per heavy atom. The van der Waals surface area contributed by atoms with Gasteiger partial charge >= 0.3 is 12.0 Å². The van der Waals surface area contributed by atoms with Crippen molar-refractivity contribution in [1.29, 1.82) is 0 Å². The smallest absolute Gasteiger partial charge is 0.338 e. The standard InChI is InChI=1S/C22H27N3O4/c1-13-8-9-14(2)16(10-13)20-19-17(12-29-21(19)27)25(22(28)24-20)11-18(26)23-15-6-4-3-5-7-15/h8-10,15,20H,3-7,11-12H2,1-2H3,(H,23,26)(H,24,28)/t20-/m0/s1. The Balaban J connectivity index is 1.59. The van der Waals surface area contributed by atoms with Crippen LogP contribution in [0.1, 0.15) is 54.8 Å². The summed E-state index contributed by atoms with van der Waals surface area (Å²) in [5.74, 6) is -0.646. The zero-order chi connectivity index (χ0) is 20.5. The Kier molecular flexibility index (Phi) is 5.30. The van der Waals surface area contributed by atoms with Crippen molar-refractivity contribution in [3.8, 4) is 0 Å². The van der Waals surface area contributed by atoms with E-state index in [1.807, 2.05) is 32.0 Å². The predicted octanol–water partition coefficient (Wildman–Crippen LogP) is 2.63. The molecule has 1 aromatic carbocycles. The molecule has 7 nitrogen and oxygen atoms in total. The summed E-state index contributed by atoms with van der Waals surface area (Å²) in [6.07, 6.45) is 5.38. The van der Waals surface area contributed by atoms with Crippen molar-refractivity contribution >= 4 is 17.9 Å². The molecule has 2 aliphatic heterocycles. The van der Waals surface area contributed by atoms with Gasteiger partial charge in [-0.1, -0.05) is 43.0 Å². The first-order valence-corrected chi connectivity index (χ1v) is 10.3. The van der Waals surface area contributed by atoms with Gasteiger partial charge in [-0.25, -0.2) is 9.59 Å². The number of benzene rings is 1. The molecular formula is C22H27N3O4. The Labute approximate surface area is 170 Å². The van der Waals surface area contributed by atoms with Gasteiger partial charge in [0.25, 0.3) is 0 Å². The molecule has 0 aromatic heterocycles. The van der Waals surface area contributed by atoms with Gasteiger partial charge in [-0.3, -0.25) is 9.69 Å². The first kappa shape index (κ1) is 19.5. The fraction of sp³-hybridized carbons (Fsp3) is 0.500. The van der Waals surface area contributed by atoms with Gasteiger partial charge in [-0.05, 0) is 37.8 Å². The fourth-order valence-electron chi connectivity index (χ4n) is 4.45. The number of nitrogens with one attached hydrogen (secondary N) is 2. The molecule has 1 saturated carbocycles. The average molecular weight is 397 g/mol. The molecule has 2 heterocycles. The lowest BCUT2D eigenvalue weighted by Crippen LogP contribution is -2.51. The van der Waals surface area contributed by atoms with Crippen LogP contribution in [0.3, 0.4) is 0 Å². The third-order valence-corrected chi connectivity index (χ3v) is 6.02. The van der Waals surface area contributed by atoms with E-state index < -0.39 is 12.0 Å². The van der Waals surface area contributed by atoms with Gasteiger partial charge in [0.05, 0.1) is 17.3 Å². The molecule has 0 spiro atoms. The van der Waals surface area contributed by atoms with Crippen LogP contribution in [0.5, 0.6) is 0 Å². The number of carbonyl (C=O) groups is 3. The lowest BCUT2D eigenvalue weighted by atomic mass is 9.91. The predicted molar refractivity (Wildman–Crippen MR) is 107 cm³/mol. The van der Waals surface area contributed by atoms with Gasteiger partial charge in [0.1, 0.15) is 13.2 Å². The Morgan fingerprint density at radius 2 is 1.97 bits per heavy atom. The SMILES string of the molecule is Cc1ccc(C)c([C@@H]2NC(=O)N(CC(=O)NC3CCCCC3)C3=C2C(=O)OC3)c1. The summed E-state index contributed by atoms with van der Waals surface area (Å²) >= 11 is 0. The van der Waals surface area contributed by atoms with Crippen LogP contribution in [0.2, 0.25) is 0 Å². The Morgan fingerprint density at radius 3 is 2.72 bits per heavy atom. The maximum Gasteiger partial charge on any atom is 0.338 e. The number of hydrogen-bond acceptors (Lipinski definition) is 4. The zero-order valence-corrected chi connectivity index (χ0v) is 16.9. The van der Waals surface area contributed by atoms with E-state index in [0.29, 0.717) is 11.3 Å². The van der Waals surface area contributed by atoms with Crippen LogP contribution in [0.25, 0.3) is 0 Å². The number of cyclic esters (lactones) is 1. The lowest BCUT2D eigenvalue weighted by Gasteiger charge is -2.33. The maximum absolute atomic E-state index is 12.9. The molecule has 3 amide bonds. The number of aryl methyl sites for hydroxylation is 2. The van der Waals surface area contributed by atoms with E-state index in [0.717, 1.165) is 42.4 Å². The third kappa shape index (κ3) is 3.86. The van der Waals surface area contributed by atoms with Gasteiger partial charge in [0, 0.05) is 6.04 Å². The fourth-order valence-corrected chi connectivity index (χ4v) is 4.45. The minimum Gasteiger partial charge on any atom is -0.456 e. The maximum atomic E-state index is 12.9. The van der Waals surface area contributed by atoms with E-state index in [9.17, 15) is 14.4 Å². The van der Waals surface area contributed by atoms with Crippen molar-refractivity contribution in [3.05, 3.63) is 46.2 Å². The van der Waals surface area contributed by atoms with E-state index >= 15 is 0 Å². The topological polar surface area (TPSA) is 87.7 Å². The number of nitrogens with zero attached hydrogens (tertiary/aromatic N) is 1. The average Bonchev–Trinajstić information content (AvgIpc) is 3.08. The number of amides is 3. The van der Waals surface area contributed by atoms with Crippen molar-refractivity contribution in [2.45, 2.75) is 58.0 Å². The number of hydrogen-bond donors (Lipinski definition) is 2. The summed E-state index contributed by atoms with van der Waals surface area (Å²) in [5, 5.41) is 5.94. The molecule has 1 atom stereocenters. The van der Waals surface area contributed by atoms with E-state index in [-0.39, 0.29) is 31.1 Å². The molecule has 0 unspecified atom stereocenters. The molecule has 7 heteroatoms. The van der Waals surface area contributed by atoms with Crippen molar-refractivity contribution < 1.29 is 19.1 Å². The molecule has 4 rings (SSSR count). The largest absolute Gasteiger partial charge is 0.456 e. The summed E-state index contributed by atoms with van der Waals surface area (Å²) in [6.45, 7) is 3.82. The van der Waals surface area contributed by atoms with Crippen LogP contribution in [0.4, 0.5) is 4.79 Å². The summed E-state index contributed by atoms with van der Waals surface area (Å²) in [7, 11) is 0. The second-order valence-electron chi connectivity index (χ2n) is 8.17. The van der Waals surface area contributed by atoms with Gasteiger partial charge in [0.2, 0.25) is 5.91 Å². The molecule has 0 radical (unpaired) electrons. The molecule has 1 aliphatic carbocycles. The lowest BCUT2D eigenvalue weighted by molar-refractivity contribution is -0.136. The summed E-state index contributed by atoms with van der Waals surface area (Å²) < 4.78 is 5.25. The third-order valence-electron chi connectivity index (χ3n) is 6.02. The number of urea groups is 1. The highest BCUT2D eigenvalue weighted by Crippen LogP contribution is 2.36. The highest BCUT2D eigenvalue weighted by Gasteiger charge is 2.43. The van der Waals surface area contributed by atoms with Crippen molar-refractivity contribution in [2.75, 3.05) is 13.2 Å². The molecule has 154 valence electrons. The Hall–Kier alpha value is -2.83. The van der Waals surface area contributed by atoms with Gasteiger partial charge in [0.15, 0.2) is 0 Å². The normalized spacial score (nSPS) is 22.3. The van der Waals surface area contributed by atoms with Crippen molar-refractivity contribution in [2.24, 2.45) is 0 Å². The van der Waals surface area contributed by atoms with Crippen molar-refractivity contribution in [1.82, 2.24) is 15.5 Å². The molecule has 29 heavy (non-hydrogen) atoms. The Bertz CT molecular complexity index is 886. The van der Waals surface area contributed by atoms with Crippen LogP contribution in [-0.4, -0.2) is 42.0 Å².